The second-order valence-electron chi connectivity index (χ2n) is 4.54. The normalized spacial score (nSPS) is 24.5. The van der Waals surface area contributed by atoms with Gasteiger partial charge in [-0.1, -0.05) is 6.42 Å². The number of rotatable bonds is 3. The maximum Gasteiger partial charge on any atom is 0.149 e. The molecule has 4 nitrogen and oxygen atoms in total. The predicted octanol–water partition coefficient (Wildman–Crippen LogP) is 2.33. The van der Waals surface area contributed by atoms with E-state index in [0.717, 1.165) is 11.1 Å². The first-order valence-electron chi connectivity index (χ1n) is 6.00. The zero-order valence-electron chi connectivity index (χ0n) is 10.1. The van der Waals surface area contributed by atoms with Crippen LogP contribution in [0.5, 0.6) is 0 Å². The molecule has 1 heterocycles. The van der Waals surface area contributed by atoms with Gasteiger partial charge >= 0.3 is 0 Å². The fraction of sp³-hybridized carbons (Fsp3) is 0.583. The monoisotopic (exact) mass is 252 g/mol. The van der Waals surface area contributed by atoms with Crippen LogP contribution in [-0.2, 0) is 0 Å². The number of aromatic nitrogens is 1. The van der Waals surface area contributed by atoms with E-state index in [-0.39, 0.29) is 0 Å². The average molecular weight is 252 g/mol. The van der Waals surface area contributed by atoms with E-state index in [2.05, 4.69) is 16.6 Å². The maximum absolute atomic E-state index is 5.70. The Kier molecular flexibility index (Phi) is 3.99. The Morgan fingerprint density at radius 1 is 1.35 bits per heavy atom. The molecule has 2 rings (SSSR count). The highest BCUT2D eigenvalue weighted by Crippen LogP contribution is 2.28. The summed E-state index contributed by atoms with van der Waals surface area (Å²) in [6, 6.07) is 4.21. The molecule has 0 radical (unpaired) electrons. The van der Waals surface area contributed by atoms with Crippen LogP contribution in [0.15, 0.2) is 12.1 Å². The largest absolute Gasteiger partial charge is 0.396 e. The second kappa shape index (κ2) is 5.49. The summed E-state index contributed by atoms with van der Waals surface area (Å²) >= 11 is 1.96. The summed E-state index contributed by atoms with van der Waals surface area (Å²) < 4.78 is 0. The minimum atomic E-state index is 0.409. The third kappa shape index (κ3) is 3.19. The molecule has 1 aromatic rings. The molecule has 1 aliphatic rings. The van der Waals surface area contributed by atoms with Crippen molar-refractivity contribution in [3.8, 4) is 0 Å². The van der Waals surface area contributed by atoms with Gasteiger partial charge in [0.2, 0.25) is 0 Å². The molecule has 0 saturated heterocycles. The molecule has 5 N–H and O–H groups in total. The molecule has 17 heavy (non-hydrogen) atoms. The van der Waals surface area contributed by atoms with Crippen LogP contribution in [-0.4, -0.2) is 22.5 Å². The van der Waals surface area contributed by atoms with Crippen molar-refractivity contribution in [3.05, 3.63) is 12.1 Å². The Morgan fingerprint density at radius 3 is 2.88 bits per heavy atom. The highest BCUT2D eigenvalue weighted by atomic mass is 32.2. The smallest absolute Gasteiger partial charge is 0.149 e. The lowest BCUT2D eigenvalue weighted by Crippen LogP contribution is -2.28. The fourth-order valence-corrected chi connectivity index (χ4v) is 3.09. The van der Waals surface area contributed by atoms with Crippen LogP contribution in [0.25, 0.3) is 0 Å². The zero-order valence-corrected chi connectivity index (χ0v) is 11.0. The summed E-state index contributed by atoms with van der Waals surface area (Å²) in [4.78, 5) is 4.25. The lowest BCUT2D eigenvalue weighted by Gasteiger charge is -2.29. The average Bonchev–Trinajstić information content (AvgIpc) is 2.34. The molecular formula is C12H20N4S. The Labute approximate surface area is 107 Å². The number of nitrogens with two attached hydrogens (primary N) is 2. The number of pyridine rings is 1. The van der Waals surface area contributed by atoms with Crippen molar-refractivity contribution in [2.45, 2.75) is 37.0 Å². The van der Waals surface area contributed by atoms with E-state index in [0.29, 0.717) is 17.5 Å². The molecule has 1 aliphatic carbocycles. The summed E-state index contributed by atoms with van der Waals surface area (Å²) in [5.41, 5.74) is 11.9. The third-order valence-electron chi connectivity index (χ3n) is 3.27. The number of anilines is 3. The van der Waals surface area contributed by atoms with Gasteiger partial charge < -0.3 is 16.8 Å². The first kappa shape index (κ1) is 12.4. The van der Waals surface area contributed by atoms with Gasteiger partial charge in [0, 0.05) is 11.3 Å². The van der Waals surface area contributed by atoms with Gasteiger partial charge in [-0.2, -0.15) is 11.8 Å². The van der Waals surface area contributed by atoms with Gasteiger partial charge in [-0.25, -0.2) is 4.98 Å². The third-order valence-corrected chi connectivity index (χ3v) is 4.36. The van der Waals surface area contributed by atoms with Gasteiger partial charge in [0.1, 0.15) is 11.6 Å². The van der Waals surface area contributed by atoms with Crippen LogP contribution in [0, 0.1) is 0 Å². The lowest BCUT2D eigenvalue weighted by molar-refractivity contribution is 0.473. The van der Waals surface area contributed by atoms with Crippen LogP contribution in [0.2, 0.25) is 0 Å². The van der Waals surface area contributed by atoms with Gasteiger partial charge in [-0.3, -0.25) is 0 Å². The fourth-order valence-electron chi connectivity index (χ4n) is 2.27. The summed E-state index contributed by atoms with van der Waals surface area (Å²) in [5, 5.41) is 4.22. The first-order valence-corrected chi connectivity index (χ1v) is 7.29. The van der Waals surface area contributed by atoms with Crippen molar-refractivity contribution < 1.29 is 0 Å². The Morgan fingerprint density at radius 2 is 2.18 bits per heavy atom. The molecular weight excluding hydrogens is 232 g/mol. The molecule has 0 spiro atoms. The summed E-state index contributed by atoms with van der Waals surface area (Å²) in [7, 11) is 0. The van der Waals surface area contributed by atoms with E-state index < -0.39 is 0 Å². The van der Waals surface area contributed by atoms with Crippen molar-refractivity contribution in [1.82, 2.24) is 4.98 Å². The van der Waals surface area contributed by atoms with Gasteiger partial charge in [0.15, 0.2) is 0 Å². The Balaban J connectivity index is 1.97. The van der Waals surface area contributed by atoms with E-state index >= 15 is 0 Å². The van der Waals surface area contributed by atoms with Crippen LogP contribution in [0.3, 0.4) is 0 Å². The van der Waals surface area contributed by atoms with Crippen molar-refractivity contribution in [1.29, 1.82) is 0 Å². The van der Waals surface area contributed by atoms with Crippen molar-refractivity contribution >= 4 is 29.1 Å². The van der Waals surface area contributed by atoms with E-state index in [4.69, 9.17) is 11.5 Å². The number of nitrogens with zero attached hydrogens (tertiary/aromatic N) is 1. The van der Waals surface area contributed by atoms with Crippen molar-refractivity contribution in [2.24, 2.45) is 0 Å². The van der Waals surface area contributed by atoms with Crippen molar-refractivity contribution in [2.75, 3.05) is 23.0 Å². The van der Waals surface area contributed by atoms with Crippen LogP contribution in [0.4, 0.5) is 17.3 Å². The standard InChI is InChI=1S/C12H20N4S/c1-17-9-4-2-3-8(7-9)15-11-6-5-10(13)12(14)16-11/h5-6,8-9H,2-4,7,13H2,1H3,(H3,14,15,16). The molecule has 94 valence electrons. The molecule has 0 aromatic carbocycles. The Hall–Kier alpha value is -1.10. The first-order chi connectivity index (χ1) is 8.19. The number of nitrogen functional groups attached to an aromatic ring is 2. The minimum Gasteiger partial charge on any atom is -0.396 e. The number of nitrogens with one attached hydrogen (secondary N) is 1. The molecule has 0 aliphatic heterocycles. The maximum atomic E-state index is 5.70. The summed E-state index contributed by atoms with van der Waals surface area (Å²) in [5.74, 6) is 1.25. The summed E-state index contributed by atoms with van der Waals surface area (Å²) in [6.07, 6.45) is 7.22. The quantitative estimate of drug-likeness (QED) is 0.769. The number of hydrogen-bond donors (Lipinski definition) is 3. The van der Waals surface area contributed by atoms with E-state index in [1.807, 2.05) is 17.8 Å². The van der Waals surface area contributed by atoms with Gasteiger partial charge in [0.25, 0.3) is 0 Å². The highest BCUT2D eigenvalue weighted by molar-refractivity contribution is 7.99. The van der Waals surface area contributed by atoms with Crippen LogP contribution < -0.4 is 16.8 Å². The van der Waals surface area contributed by atoms with E-state index in [1.54, 1.807) is 6.07 Å². The minimum absolute atomic E-state index is 0.409. The SMILES string of the molecule is CSC1CCCC(Nc2ccc(N)c(N)n2)C1. The molecule has 2 unspecified atom stereocenters. The van der Waals surface area contributed by atoms with Crippen LogP contribution in [0.1, 0.15) is 25.7 Å². The van der Waals surface area contributed by atoms with Crippen LogP contribution >= 0.6 is 11.8 Å². The molecule has 0 bridgehead atoms. The summed E-state index contributed by atoms with van der Waals surface area (Å²) in [6.45, 7) is 0. The molecule has 1 fully saturated rings. The molecule has 1 saturated carbocycles. The molecule has 1 aromatic heterocycles. The van der Waals surface area contributed by atoms with E-state index in [9.17, 15) is 0 Å². The molecule has 2 atom stereocenters. The molecule has 0 amide bonds. The molecule has 5 heteroatoms. The highest BCUT2D eigenvalue weighted by Gasteiger charge is 2.21. The van der Waals surface area contributed by atoms with E-state index in [1.165, 1.54) is 25.7 Å². The van der Waals surface area contributed by atoms with Gasteiger partial charge in [-0.15, -0.1) is 0 Å². The Bertz CT molecular complexity index is 383. The topological polar surface area (TPSA) is 77.0 Å². The lowest BCUT2D eigenvalue weighted by atomic mass is 9.95. The van der Waals surface area contributed by atoms with Gasteiger partial charge in [-0.05, 0) is 37.7 Å². The zero-order chi connectivity index (χ0) is 12.3. The second-order valence-corrected chi connectivity index (χ2v) is 5.67. The number of hydrogen-bond acceptors (Lipinski definition) is 5. The number of thioether (sulfide) groups is 1. The van der Waals surface area contributed by atoms with Crippen molar-refractivity contribution in [3.63, 3.8) is 0 Å². The predicted molar refractivity (Wildman–Crippen MR) is 76.2 cm³/mol. The van der Waals surface area contributed by atoms with Gasteiger partial charge in [0.05, 0.1) is 5.69 Å².